The van der Waals surface area contributed by atoms with Crippen LogP contribution in [0.1, 0.15) is 18.4 Å². The van der Waals surface area contributed by atoms with E-state index in [2.05, 4.69) is 75.5 Å². The van der Waals surface area contributed by atoms with Crippen molar-refractivity contribution in [2.45, 2.75) is 25.4 Å². The zero-order valence-electron chi connectivity index (χ0n) is 16.8. The Hall–Kier alpha value is -1.95. The lowest BCUT2D eigenvalue weighted by Crippen LogP contribution is -2.32. The molecule has 4 nitrogen and oxygen atoms in total. The van der Waals surface area contributed by atoms with Crippen molar-refractivity contribution < 1.29 is 4.74 Å². The molecular weight excluding hydrogens is 378 g/mol. The topological polar surface area (TPSA) is 40.3 Å². The van der Waals surface area contributed by atoms with Crippen molar-refractivity contribution in [3.63, 3.8) is 0 Å². The van der Waals surface area contributed by atoms with Gasteiger partial charge >= 0.3 is 0 Å². The van der Waals surface area contributed by atoms with Gasteiger partial charge in [-0.25, -0.2) is 0 Å². The summed E-state index contributed by atoms with van der Waals surface area (Å²) in [5.74, 6) is 2.50. The minimum Gasteiger partial charge on any atom is -0.381 e. The van der Waals surface area contributed by atoms with E-state index in [1.807, 2.05) is 0 Å². The van der Waals surface area contributed by atoms with Gasteiger partial charge in [0, 0.05) is 61.5 Å². The Kier molecular flexibility index (Phi) is 5.79. The van der Waals surface area contributed by atoms with Gasteiger partial charge in [0.25, 0.3) is 0 Å². The van der Waals surface area contributed by atoms with Gasteiger partial charge in [-0.1, -0.05) is 30.3 Å². The summed E-state index contributed by atoms with van der Waals surface area (Å²) in [4.78, 5) is 6.27. The van der Waals surface area contributed by atoms with E-state index in [1.54, 1.807) is 0 Å². The summed E-state index contributed by atoms with van der Waals surface area (Å²) in [5.41, 5.74) is 6.27. The minimum atomic E-state index is 0.483. The van der Waals surface area contributed by atoms with Gasteiger partial charge in [-0.15, -0.1) is 0 Å². The van der Waals surface area contributed by atoms with Crippen LogP contribution in [0.15, 0.2) is 48.5 Å². The highest BCUT2D eigenvalue weighted by Gasteiger charge is 2.18. The Morgan fingerprint density at radius 3 is 2.62 bits per heavy atom. The van der Waals surface area contributed by atoms with Crippen molar-refractivity contribution >= 4 is 28.4 Å². The molecule has 1 aromatic heterocycles. The second kappa shape index (κ2) is 8.82. The van der Waals surface area contributed by atoms with E-state index in [4.69, 9.17) is 4.74 Å². The molecule has 0 aliphatic carbocycles. The molecule has 0 bridgehead atoms. The lowest BCUT2D eigenvalue weighted by atomic mass is 10.1. The fraction of sp³-hybridized carbons (Fsp3) is 0.417. The van der Waals surface area contributed by atoms with Crippen LogP contribution >= 0.6 is 11.8 Å². The molecular formula is C24H29N3OS. The fourth-order valence-electron chi connectivity index (χ4n) is 4.36. The van der Waals surface area contributed by atoms with Crippen LogP contribution in [0, 0.1) is 0 Å². The van der Waals surface area contributed by atoms with Crippen LogP contribution < -0.4 is 5.32 Å². The zero-order valence-corrected chi connectivity index (χ0v) is 17.6. The average Bonchev–Trinajstić information content (AvgIpc) is 3.20. The third kappa shape index (κ3) is 4.47. The quantitative estimate of drug-likeness (QED) is 0.626. The molecule has 3 aromatic rings. The van der Waals surface area contributed by atoms with Crippen LogP contribution in [0.25, 0.3) is 22.2 Å². The van der Waals surface area contributed by atoms with Crippen LogP contribution in [0.5, 0.6) is 0 Å². The van der Waals surface area contributed by atoms with Crippen LogP contribution in [0.2, 0.25) is 0 Å². The van der Waals surface area contributed by atoms with Crippen molar-refractivity contribution in [2.75, 3.05) is 43.1 Å². The van der Waals surface area contributed by atoms with Crippen molar-refractivity contribution in [3.8, 4) is 11.3 Å². The van der Waals surface area contributed by atoms with Crippen LogP contribution in [0.4, 0.5) is 5.69 Å². The molecule has 2 saturated heterocycles. The largest absolute Gasteiger partial charge is 0.381 e. The van der Waals surface area contributed by atoms with Crippen LogP contribution in [-0.2, 0) is 11.3 Å². The van der Waals surface area contributed by atoms with Crippen molar-refractivity contribution in [1.29, 1.82) is 0 Å². The first-order valence-electron chi connectivity index (χ1n) is 10.7. The Morgan fingerprint density at radius 2 is 1.83 bits per heavy atom. The zero-order chi connectivity index (χ0) is 19.5. The van der Waals surface area contributed by atoms with Gasteiger partial charge in [0.1, 0.15) is 0 Å². The molecule has 3 heterocycles. The molecule has 2 N–H and O–H groups in total. The third-order valence-electron chi connectivity index (χ3n) is 5.96. The highest BCUT2D eigenvalue weighted by molar-refractivity contribution is 7.99. The van der Waals surface area contributed by atoms with E-state index >= 15 is 0 Å². The van der Waals surface area contributed by atoms with Gasteiger partial charge in [-0.2, -0.15) is 11.8 Å². The summed E-state index contributed by atoms with van der Waals surface area (Å²) >= 11 is 2.07. The first-order valence-corrected chi connectivity index (χ1v) is 11.9. The molecule has 0 radical (unpaired) electrons. The highest BCUT2D eigenvalue weighted by Crippen LogP contribution is 2.32. The Bertz CT molecular complexity index is 943. The number of thioether (sulfide) groups is 1. The fourth-order valence-corrected chi connectivity index (χ4v) is 5.34. The van der Waals surface area contributed by atoms with E-state index in [-0.39, 0.29) is 0 Å². The molecule has 0 atom stereocenters. The van der Waals surface area contributed by atoms with Gasteiger partial charge < -0.3 is 15.0 Å². The number of nitrogens with one attached hydrogen (secondary N) is 2. The van der Waals surface area contributed by atoms with Gasteiger partial charge in [-0.05, 0) is 42.2 Å². The van der Waals surface area contributed by atoms with Gasteiger partial charge in [0.15, 0.2) is 0 Å². The molecule has 2 aliphatic heterocycles. The van der Waals surface area contributed by atoms with E-state index in [0.717, 1.165) is 32.6 Å². The van der Waals surface area contributed by atoms with Crippen molar-refractivity contribution in [3.05, 3.63) is 54.1 Å². The maximum absolute atomic E-state index is 5.55. The second-order valence-corrected chi connectivity index (χ2v) is 9.30. The number of fused-ring (bicyclic) bond motifs is 1. The maximum Gasteiger partial charge on any atom is 0.0694 e. The number of benzene rings is 2. The van der Waals surface area contributed by atoms with E-state index < -0.39 is 0 Å². The summed E-state index contributed by atoms with van der Waals surface area (Å²) in [5, 5.41) is 5.13. The van der Waals surface area contributed by atoms with Crippen LogP contribution in [-0.4, -0.2) is 53.7 Å². The number of hydrogen-bond donors (Lipinski definition) is 2. The van der Waals surface area contributed by atoms with Crippen LogP contribution in [0.3, 0.4) is 0 Å². The summed E-state index contributed by atoms with van der Waals surface area (Å²) in [6, 6.07) is 18.1. The van der Waals surface area contributed by atoms with E-state index in [9.17, 15) is 0 Å². The SMILES string of the molecule is c1ccc(-c2cc3cc(CN4CCSCC4)cc(NC4CCOCC4)c3[nH]2)cc1. The molecule has 5 rings (SSSR count). The van der Waals surface area contributed by atoms with Crippen molar-refractivity contribution in [1.82, 2.24) is 9.88 Å². The van der Waals surface area contributed by atoms with Gasteiger partial charge in [0.2, 0.25) is 0 Å². The molecule has 2 aliphatic rings. The molecule has 0 saturated carbocycles. The average molecular weight is 408 g/mol. The number of hydrogen-bond acceptors (Lipinski definition) is 4. The number of nitrogens with zero attached hydrogens (tertiary/aromatic N) is 1. The predicted octanol–water partition coefficient (Wildman–Crippen LogP) is 4.97. The summed E-state index contributed by atoms with van der Waals surface area (Å²) < 4.78 is 5.55. The van der Waals surface area contributed by atoms with Gasteiger partial charge in [-0.3, -0.25) is 4.90 Å². The Labute approximate surface area is 177 Å². The lowest BCUT2D eigenvalue weighted by Gasteiger charge is -2.27. The maximum atomic E-state index is 5.55. The highest BCUT2D eigenvalue weighted by atomic mass is 32.2. The molecule has 152 valence electrons. The summed E-state index contributed by atoms with van der Waals surface area (Å²) in [7, 11) is 0. The molecule has 0 spiro atoms. The normalized spacial score (nSPS) is 18.9. The number of H-pyrrole nitrogens is 1. The third-order valence-corrected chi connectivity index (χ3v) is 6.91. The number of aromatic amines is 1. The van der Waals surface area contributed by atoms with E-state index in [1.165, 1.54) is 58.0 Å². The second-order valence-electron chi connectivity index (χ2n) is 8.08. The molecule has 2 aromatic carbocycles. The van der Waals surface area contributed by atoms with Crippen molar-refractivity contribution in [2.24, 2.45) is 0 Å². The summed E-state index contributed by atoms with van der Waals surface area (Å²) in [6.45, 7) is 5.12. The molecule has 0 unspecified atom stereocenters. The number of rotatable bonds is 5. The Morgan fingerprint density at radius 1 is 1.03 bits per heavy atom. The van der Waals surface area contributed by atoms with E-state index in [0.29, 0.717) is 6.04 Å². The smallest absolute Gasteiger partial charge is 0.0694 e. The first-order chi connectivity index (χ1) is 14.3. The lowest BCUT2D eigenvalue weighted by molar-refractivity contribution is 0.0905. The standard InChI is InChI=1S/C24H29N3OS/c1-2-4-19(5-3-1)22-16-20-14-18(17-27-8-12-29-13-9-27)15-23(24(20)26-22)25-21-6-10-28-11-7-21/h1-5,14-16,21,25-26H,6-13,17H2. The predicted molar refractivity (Wildman–Crippen MR) is 124 cm³/mol. The number of ether oxygens (including phenoxy) is 1. The molecule has 29 heavy (non-hydrogen) atoms. The molecule has 5 heteroatoms. The first kappa shape index (κ1) is 19.0. The number of aromatic nitrogens is 1. The molecule has 2 fully saturated rings. The monoisotopic (exact) mass is 407 g/mol. The Balaban J connectivity index is 1.49. The molecule has 0 amide bonds. The summed E-state index contributed by atoms with van der Waals surface area (Å²) in [6.07, 6.45) is 2.14. The minimum absolute atomic E-state index is 0.483. The van der Waals surface area contributed by atoms with Gasteiger partial charge in [0.05, 0.1) is 11.2 Å². The number of anilines is 1.